The number of carboxylic acid groups (broad SMARTS) is 1. The molecule has 6 nitrogen and oxygen atoms in total. The van der Waals surface area contributed by atoms with Crippen LogP contribution < -0.4 is 0 Å². The molecule has 0 aliphatic rings. The van der Waals surface area contributed by atoms with Crippen LogP contribution in [0.2, 0.25) is 0 Å². The highest BCUT2D eigenvalue weighted by Gasteiger charge is 2.16. The van der Waals surface area contributed by atoms with Crippen molar-refractivity contribution in [2.75, 3.05) is 0 Å². The second kappa shape index (κ2) is 5.92. The molecule has 1 N–H and O–H groups in total. The molecule has 2 rings (SSSR count). The standard InChI is InChI=1S/C12H16N4O2S/c1-3-9-5-7-19-10(9)11-13-14-15-16(11)6-4-8(2)12(17)18/h5,7-8H,3-4,6H2,1-2H3,(H,17,18). The van der Waals surface area contributed by atoms with Crippen molar-refractivity contribution in [3.8, 4) is 10.7 Å². The molecule has 1 atom stereocenters. The fourth-order valence-corrected chi connectivity index (χ4v) is 2.75. The van der Waals surface area contributed by atoms with E-state index in [-0.39, 0.29) is 0 Å². The topological polar surface area (TPSA) is 80.9 Å². The van der Waals surface area contributed by atoms with Gasteiger partial charge in [-0.1, -0.05) is 13.8 Å². The number of aliphatic carboxylic acids is 1. The molecule has 0 saturated heterocycles. The summed E-state index contributed by atoms with van der Waals surface area (Å²) in [4.78, 5) is 11.9. The fourth-order valence-electron chi connectivity index (χ4n) is 1.77. The van der Waals surface area contributed by atoms with E-state index in [2.05, 4.69) is 28.5 Å². The number of rotatable bonds is 6. The van der Waals surface area contributed by atoms with Crippen LogP contribution in [0.15, 0.2) is 11.4 Å². The van der Waals surface area contributed by atoms with E-state index >= 15 is 0 Å². The van der Waals surface area contributed by atoms with Gasteiger partial charge in [0.25, 0.3) is 0 Å². The van der Waals surface area contributed by atoms with E-state index in [1.165, 1.54) is 5.56 Å². The molecule has 0 aliphatic carbocycles. The zero-order valence-corrected chi connectivity index (χ0v) is 11.7. The highest BCUT2D eigenvalue weighted by atomic mass is 32.1. The monoisotopic (exact) mass is 280 g/mol. The van der Waals surface area contributed by atoms with Crippen molar-refractivity contribution in [3.63, 3.8) is 0 Å². The van der Waals surface area contributed by atoms with Gasteiger partial charge in [0.05, 0.1) is 10.8 Å². The predicted molar refractivity (Wildman–Crippen MR) is 71.9 cm³/mol. The molecule has 0 radical (unpaired) electrons. The SMILES string of the molecule is CCc1ccsc1-c1nnnn1CCC(C)C(=O)O. The van der Waals surface area contributed by atoms with E-state index in [0.29, 0.717) is 13.0 Å². The first-order chi connectivity index (χ1) is 9.13. The molecule has 0 bridgehead atoms. The largest absolute Gasteiger partial charge is 0.481 e. The molecule has 0 amide bonds. The van der Waals surface area contributed by atoms with E-state index < -0.39 is 11.9 Å². The number of tetrazole rings is 1. The molecule has 0 saturated carbocycles. The third-order valence-electron chi connectivity index (χ3n) is 3.06. The zero-order chi connectivity index (χ0) is 13.8. The van der Waals surface area contributed by atoms with Crippen LogP contribution in [-0.4, -0.2) is 31.3 Å². The summed E-state index contributed by atoms with van der Waals surface area (Å²) in [5.74, 6) is -0.463. The summed E-state index contributed by atoms with van der Waals surface area (Å²) >= 11 is 1.61. The number of aromatic nitrogens is 4. The van der Waals surface area contributed by atoms with Gasteiger partial charge in [0.15, 0.2) is 5.82 Å². The summed E-state index contributed by atoms with van der Waals surface area (Å²) in [5, 5.41) is 22.6. The first kappa shape index (κ1) is 13.7. The maximum atomic E-state index is 10.8. The molecule has 0 spiro atoms. The van der Waals surface area contributed by atoms with E-state index in [1.54, 1.807) is 22.9 Å². The van der Waals surface area contributed by atoms with Crippen LogP contribution in [0.1, 0.15) is 25.8 Å². The minimum absolute atomic E-state index is 0.397. The van der Waals surface area contributed by atoms with Gasteiger partial charge < -0.3 is 5.11 Å². The van der Waals surface area contributed by atoms with Gasteiger partial charge in [0, 0.05) is 6.54 Å². The van der Waals surface area contributed by atoms with Gasteiger partial charge in [0.1, 0.15) is 0 Å². The average Bonchev–Trinajstić information content (AvgIpc) is 3.03. The Balaban J connectivity index is 2.16. The van der Waals surface area contributed by atoms with Crippen molar-refractivity contribution in [1.29, 1.82) is 0 Å². The Morgan fingerprint density at radius 2 is 2.37 bits per heavy atom. The van der Waals surface area contributed by atoms with Gasteiger partial charge in [-0.3, -0.25) is 4.79 Å². The minimum Gasteiger partial charge on any atom is -0.481 e. The lowest BCUT2D eigenvalue weighted by Gasteiger charge is -2.07. The third kappa shape index (κ3) is 2.98. The van der Waals surface area contributed by atoms with Crippen molar-refractivity contribution in [2.24, 2.45) is 5.92 Å². The van der Waals surface area contributed by atoms with Gasteiger partial charge in [0.2, 0.25) is 0 Å². The Labute approximate surface area is 115 Å². The van der Waals surface area contributed by atoms with Crippen LogP contribution in [-0.2, 0) is 17.8 Å². The van der Waals surface area contributed by atoms with Gasteiger partial charge in [-0.2, -0.15) is 0 Å². The van der Waals surface area contributed by atoms with E-state index in [0.717, 1.165) is 17.1 Å². The van der Waals surface area contributed by atoms with E-state index in [4.69, 9.17) is 5.11 Å². The quantitative estimate of drug-likeness (QED) is 0.876. The Morgan fingerprint density at radius 1 is 1.58 bits per heavy atom. The van der Waals surface area contributed by atoms with Crippen molar-refractivity contribution < 1.29 is 9.90 Å². The van der Waals surface area contributed by atoms with Crippen molar-refractivity contribution in [2.45, 2.75) is 33.2 Å². The lowest BCUT2D eigenvalue weighted by molar-refractivity contribution is -0.141. The first-order valence-corrected chi connectivity index (χ1v) is 7.07. The van der Waals surface area contributed by atoms with Crippen LogP contribution >= 0.6 is 11.3 Å². The molecule has 19 heavy (non-hydrogen) atoms. The smallest absolute Gasteiger partial charge is 0.306 e. The second-order valence-electron chi connectivity index (χ2n) is 4.38. The summed E-state index contributed by atoms with van der Waals surface area (Å²) in [5.41, 5.74) is 1.22. The lowest BCUT2D eigenvalue weighted by Crippen LogP contribution is -2.14. The Morgan fingerprint density at radius 3 is 3.05 bits per heavy atom. The third-order valence-corrected chi connectivity index (χ3v) is 4.01. The van der Waals surface area contributed by atoms with Gasteiger partial charge >= 0.3 is 5.97 Å². The number of aryl methyl sites for hydroxylation is 2. The first-order valence-electron chi connectivity index (χ1n) is 6.19. The maximum absolute atomic E-state index is 10.8. The summed E-state index contributed by atoms with van der Waals surface area (Å²) in [6, 6.07) is 2.07. The second-order valence-corrected chi connectivity index (χ2v) is 5.30. The molecular formula is C12H16N4O2S. The zero-order valence-electron chi connectivity index (χ0n) is 10.9. The van der Waals surface area contributed by atoms with E-state index in [9.17, 15) is 4.79 Å². The molecule has 2 aromatic rings. The molecular weight excluding hydrogens is 264 g/mol. The average molecular weight is 280 g/mol. The fraction of sp³-hybridized carbons (Fsp3) is 0.500. The van der Waals surface area contributed by atoms with Crippen molar-refractivity contribution in [1.82, 2.24) is 20.2 Å². The molecule has 1 unspecified atom stereocenters. The van der Waals surface area contributed by atoms with Crippen LogP contribution in [0.5, 0.6) is 0 Å². The van der Waals surface area contributed by atoms with E-state index in [1.807, 2.05) is 5.38 Å². The molecule has 0 aliphatic heterocycles. The molecule has 0 fully saturated rings. The Kier molecular flexibility index (Phi) is 4.26. The van der Waals surface area contributed by atoms with Crippen LogP contribution in [0, 0.1) is 5.92 Å². The van der Waals surface area contributed by atoms with Gasteiger partial charge in [-0.15, -0.1) is 16.4 Å². The molecule has 7 heteroatoms. The summed E-state index contributed by atoms with van der Waals surface area (Å²) < 4.78 is 1.68. The molecule has 102 valence electrons. The Bertz CT molecular complexity index is 564. The van der Waals surface area contributed by atoms with Gasteiger partial charge in [-0.05, 0) is 40.3 Å². The molecule has 2 aromatic heterocycles. The minimum atomic E-state index is -0.792. The summed E-state index contributed by atoms with van der Waals surface area (Å²) in [7, 11) is 0. The van der Waals surface area contributed by atoms with Crippen LogP contribution in [0.3, 0.4) is 0 Å². The maximum Gasteiger partial charge on any atom is 0.306 e. The highest BCUT2D eigenvalue weighted by Crippen LogP contribution is 2.28. The normalized spacial score (nSPS) is 12.5. The lowest BCUT2D eigenvalue weighted by atomic mass is 10.1. The highest BCUT2D eigenvalue weighted by molar-refractivity contribution is 7.13. The van der Waals surface area contributed by atoms with Crippen molar-refractivity contribution in [3.05, 3.63) is 17.0 Å². The predicted octanol–water partition coefficient (Wildman–Crippen LogP) is 2.07. The number of hydrogen-bond donors (Lipinski definition) is 1. The molecule has 0 aromatic carbocycles. The number of nitrogens with zero attached hydrogens (tertiary/aromatic N) is 4. The number of carbonyl (C=O) groups is 1. The van der Waals surface area contributed by atoms with Crippen LogP contribution in [0.4, 0.5) is 0 Å². The summed E-state index contributed by atoms with van der Waals surface area (Å²) in [6.07, 6.45) is 1.44. The van der Waals surface area contributed by atoms with Crippen LogP contribution in [0.25, 0.3) is 10.7 Å². The Hall–Kier alpha value is -1.76. The molecule has 2 heterocycles. The summed E-state index contributed by atoms with van der Waals surface area (Å²) in [6.45, 7) is 4.29. The number of carboxylic acids is 1. The number of thiophene rings is 1. The van der Waals surface area contributed by atoms with Crippen molar-refractivity contribution >= 4 is 17.3 Å². The van der Waals surface area contributed by atoms with Gasteiger partial charge in [-0.25, -0.2) is 4.68 Å². The number of hydrogen-bond acceptors (Lipinski definition) is 5.